The van der Waals surface area contributed by atoms with Crippen molar-refractivity contribution in [2.45, 2.75) is 27.3 Å². The van der Waals surface area contributed by atoms with Crippen LogP contribution in [-0.2, 0) is 11.3 Å². The van der Waals surface area contributed by atoms with Crippen molar-refractivity contribution in [1.29, 1.82) is 0 Å². The number of ether oxygens (including phenoxy) is 1. The molecule has 0 aromatic heterocycles. The Morgan fingerprint density at radius 2 is 1.80 bits per heavy atom. The topological polar surface area (TPSA) is 38.3 Å². The lowest BCUT2D eigenvalue weighted by molar-refractivity contribution is 0.170. The predicted molar refractivity (Wildman–Crippen MR) is 61.8 cm³/mol. The van der Waals surface area contributed by atoms with Crippen molar-refractivity contribution in [2.24, 2.45) is 0 Å². The lowest BCUT2D eigenvalue weighted by Gasteiger charge is -2.03. The van der Waals surface area contributed by atoms with E-state index in [4.69, 9.17) is 0 Å². The normalized spacial score (nSPS) is 8.53. The van der Waals surface area contributed by atoms with Crippen molar-refractivity contribution >= 4 is 6.09 Å². The minimum Gasteiger partial charge on any atom is -0.453 e. The van der Waals surface area contributed by atoms with Crippen LogP contribution in [-0.4, -0.2) is 13.2 Å². The third kappa shape index (κ3) is 5.73. The van der Waals surface area contributed by atoms with Gasteiger partial charge in [0.05, 0.1) is 7.11 Å². The molecule has 0 spiro atoms. The van der Waals surface area contributed by atoms with Gasteiger partial charge in [-0.2, -0.15) is 0 Å². The number of carbonyl (C=O) groups excluding carboxylic acids is 1. The van der Waals surface area contributed by atoms with E-state index < -0.39 is 6.09 Å². The van der Waals surface area contributed by atoms with Gasteiger partial charge in [0.25, 0.3) is 0 Å². The van der Waals surface area contributed by atoms with Crippen LogP contribution in [0.5, 0.6) is 0 Å². The van der Waals surface area contributed by atoms with Gasteiger partial charge in [-0.1, -0.05) is 43.7 Å². The highest BCUT2D eigenvalue weighted by Gasteiger charge is 1.97. The van der Waals surface area contributed by atoms with E-state index in [9.17, 15) is 4.79 Å². The number of carbonyl (C=O) groups is 1. The van der Waals surface area contributed by atoms with Crippen molar-refractivity contribution in [3.63, 3.8) is 0 Å². The molecule has 0 heterocycles. The molecular formula is C12H19NO2. The summed E-state index contributed by atoms with van der Waals surface area (Å²) < 4.78 is 4.45. The molecule has 0 bridgehead atoms. The Hall–Kier alpha value is -1.51. The van der Waals surface area contributed by atoms with Crippen LogP contribution in [0.4, 0.5) is 4.79 Å². The second-order valence-electron chi connectivity index (χ2n) is 2.83. The van der Waals surface area contributed by atoms with Gasteiger partial charge in [-0.05, 0) is 12.5 Å². The quantitative estimate of drug-likeness (QED) is 0.813. The fourth-order valence-electron chi connectivity index (χ4n) is 0.952. The average molecular weight is 209 g/mol. The summed E-state index contributed by atoms with van der Waals surface area (Å²) in [5, 5.41) is 2.61. The van der Waals surface area contributed by atoms with E-state index in [0.717, 1.165) is 5.56 Å². The Morgan fingerprint density at radius 1 is 1.27 bits per heavy atom. The monoisotopic (exact) mass is 209 g/mol. The summed E-state index contributed by atoms with van der Waals surface area (Å²) >= 11 is 0. The summed E-state index contributed by atoms with van der Waals surface area (Å²) in [5.41, 5.74) is 2.28. The number of hydrogen-bond acceptors (Lipinski definition) is 2. The molecule has 1 amide bonds. The van der Waals surface area contributed by atoms with Crippen LogP contribution >= 0.6 is 0 Å². The SMILES string of the molecule is CC.COC(=O)NCc1ccc(C)cc1. The number of hydrogen-bond donors (Lipinski definition) is 1. The van der Waals surface area contributed by atoms with Gasteiger partial charge >= 0.3 is 6.09 Å². The average Bonchev–Trinajstić information content (AvgIpc) is 2.30. The first-order valence-electron chi connectivity index (χ1n) is 5.09. The Morgan fingerprint density at radius 3 is 2.27 bits per heavy atom. The Labute approximate surface area is 91.5 Å². The first kappa shape index (κ1) is 13.5. The summed E-state index contributed by atoms with van der Waals surface area (Å²) in [7, 11) is 1.35. The van der Waals surface area contributed by atoms with Gasteiger partial charge in [0.15, 0.2) is 0 Å². The zero-order valence-corrected chi connectivity index (χ0v) is 9.83. The van der Waals surface area contributed by atoms with Crippen LogP contribution in [0.2, 0.25) is 0 Å². The molecule has 0 saturated heterocycles. The highest BCUT2D eigenvalue weighted by atomic mass is 16.5. The number of methoxy groups -OCH3 is 1. The van der Waals surface area contributed by atoms with Gasteiger partial charge in [0.2, 0.25) is 0 Å². The molecule has 3 nitrogen and oxygen atoms in total. The molecule has 1 N–H and O–H groups in total. The molecule has 3 heteroatoms. The van der Waals surface area contributed by atoms with Crippen LogP contribution in [0, 0.1) is 6.92 Å². The van der Waals surface area contributed by atoms with Crippen molar-refractivity contribution in [3.8, 4) is 0 Å². The third-order valence-corrected chi connectivity index (χ3v) is 1.74. The fraction of sp³-hybridized carbons (Fsp3) is 0.417. The summed E-state index contributed by atoms with van der Waals surface area (Å²) in [5.74, 6) is 0. The second kappa shape index (κ2) is 7.85. The number of benzene rings is 1. The van der Waals surface area contributed by atoms with Crippen molar-refractivity contribution in [1.82, 2.24) is 5.32 Å². The molecular weight excluding hydrogens is 190 g/mol. The number of aryl methyl sites for hydroxylation is 1. The molecule has 0 aliphatic carbocycles. The number of nitrogens with one attached hydrogen (secondary N) is 1. The zero-order valence-electron chi connectivity index (χ0n) is 9.83. The molecule has 84 valence electrons. The molecule has 0 aliphatic heterocycles. The van der Waals surface area contributed by atoms with Gasteiger partial charge in [0, 0.05) is 6.54 Å². The highest BCUT2D eigenvalue weighted by Crippen LogP contribution is 2.02. The van der Waals surface area contributed by atoms with E-state index in [-0.39, 0.29) is 0 Å². The van der Waals surface area contributed by atoms with E-state index in [1.807, 2.05) is 45.0 Å². The Bertz CT molecular complexity index is 280. The molecule has 0 saturated carbocycles. The molecule has 1 rings (SSSR count). The van der Waals surface area contributed by atoms with Crippen LogP contribution in [0.25, 0.3) is 0 Å². The predicted octanol–water partition coefficient (Wildman–Crippen LogP) is 2.88. The highest BCUT2D eigenvalue weighted by molar-refractivity contribution is 5.66. The maximum absolute atomic E-state index is 10.7. The number of rotatable bonds is 2. The van der Waals surface area contributed by atoms with E-state index in [2.05, 4.69) is 10.1 Å². The maximum Gasteiger partial charge on any atom is 0.407 e. The van der Waals surface area contributed by atoms with Crippen molar-refractivity contribution in [2.75, 3.05) is 7.11 Å². The third-order valence-electron chi connectivity index (χ3n) is 1.74. The van der Waals surface area contributed by atoms with Gasteiger partial charge < -0.3 is 10.1 Å². The standard InChI is InChI=1S/C10H13NO2.C2H6/c1-8-3-5-9(6-4-8)7-11-10(12)13-2;1-2/h3-6H,7H2,1-2H3,(H,11,12);1-2H3. The van der Waals surface area contributed by atoms with Crippen LogP contribution < -0.4 is 5.32 Å². The first-order chi connectivity index (χ1) is 7.22. The molecule has 0 fully saturated rings. The summed E-state index contributed by atoms with van der Waals surface area (Å²) in [6, 6.07) is 7.97. The maximum atomic E-state index is 10.7. The smallest absolute Gasteiger partial charge is 0.407 e. The minimum absolute atomic E-state index is 0.402. The number of amides is 1. The van der Waals surface area contributed by atoms with Gasteiger partial charge in [-0.25, -0.2) is 4.79 Å². The molecule has 1 aromatic carbocycles. The molecule has 0 atom stereocenters. The Kier molecular flexibility index (Phi) is 7.06. The Balaban J connectivity index is 0.000000921. The van der Waals surface area contributed by atoms with E-state index in [1.165, 1.54) is 12.7 Å². The summed E-state index contributed by atoms with van der Waals surface area (Å²) in [4.78, 5) is 10.7. The largest absolute Gasteiger partial charge is 0.453 e. The molecule has 0 aliphatic rings. The lowest BCUT2D eigenvalue weighted by Crippen LogP contribution is -2.22. The lowest BCUT2D eigenvalue weighted by atomic mass is 10.1. The van der Waals surface area contributed by atoms with Crippen LogP contribution in [0.15, 0.2) is 24.3 Å². The zero-order chi connectivity index (χ0) is 11.7. The second-order valence-corrected chi connectivity index (χ2v) is 2.83. The van der Waals surface area contributed by atoms with Crippen LogP contribution in [0.1, 0.15) is 25.0 Å². The molecule has 1 aromatic rings. The number of alkyl carbamates (subject to hydrolysis) is 1. The van der Waals surface area contributed by atoms with Crippen molar-refractivity contribution < 1.29 is 9.53 Å². The van der Waals surface area contributed by atoms with E-state index in [0.29, 0.717) is 6.54 Å². The molecule has 15 heavy (non-hydrogen) atoms. The fourth-order valence-corrected chi connectivity index (χ4v) is 0.952. The minimum atomic E-state index is -0.402. The van der Waals surface area contributed by atoms with Crippen LogP contribution in [0.3, 0.4) is 0 Å². The van der Waals surface area contributed by atoms with Gasteiger partial charge in [-0.15, -0.1) is 0 Å². The molecule has 0 unspecified atom stereocenters. The summed E-state index contributed by atoms with van der Waals surface area (Å²) in [6.45, 7) is 6.53. The van der Waals surface area contributed by atoms with E-state index >= 15 is 0 Å². The van der Waals surface area contributed by atoms with E-state index in [1.54, 1.807) is 0 Å². The summed E-state index contributed by atoms with van der Waals surface area (Å²) in [6.07, 6.45) is -0.402. The van der Waals surface area contributed by atoms with Gasteiger partial charge in [0.1, 0.15) is 0 Å². The molecule has 0 radical (unpaired) electrons. The van der Waals surface area contributed by atoms with Crippen molar-refractivity contribution in [3.05, 3.63) is 35.4 Å². The first-order valence-corrected chi connectivity index (χ1v) is 5.09. The van der Waals surface area contributed by atoms with Gasteiger partial charge in [-0.3, -0.25) is 0 Å².